The molecule has 0 bridgehead atoms. The van der Waals surface area contributed by atoms with Gasteiger partial charge in [-0.05, 0) is 35.4 Å². The maximum absolute atomic E-state index is 4.37. The molecular formula is C13H21N. The van der Waals surface area contributed by atoms with Crippen LogP contribution in [0.3, 0.4) is 0 Å². The first-order valence-electron chi connectivity index (χ1n) is 5.33. The largest absolute Gasteiger partial charge is 0.261 e. The van der Waals surface area contributed by atoms with Gasteiger partial charge in [0.1, 0.15) is 0 Å². The summed E-state index contributed by atoms with van der Waals surface area (Å²) in [5.41, 5.74) is 2.96. The molecule has 1 aromatic heterocycles. The highest BCUT2D eigenvalue weighted by Crippen LogP contribution is 2.22. The van der Waals surface area contributed by atoms with Crippen LogP contribution in [-0.4, -0.2) is 4.98 Å². The van der Waals surface area contributed by atoms with E-state index in [4.69, 9.17) is 0 Å². The topological polar surface area (TPSA) is 12.9 Å². The van der Waals surface area contributed by atoms with Gasteiger partial charge in [0.25, 0.3) is 0 Å². The second-order valence-electron chi connectivity index (χ2n) is 5.48. The second-order valence-corrected chi connectivity index (χ2v) is 5.48. The number of nitrogens with zero attached hydrogens (tertiary/aromatic N) is 1. The Morgan fingerprint density at radius 1 is 1.29 bits per heavy atom. The third kappa shape index (κ3) is 3.49. The van der Waals surface area contributed by atoms with Crippen molar-refractivity contribution in [2.45, 2.75) is 47.0 Å². The van der Waals surface area contributed by atoms with Crippen LogP contribution in [0.15, 0.2) is 18.3 Å². The first-order chi connectivity index (χ1) is 6.38. The van der Waals surface area contributed by atoms with E-state index in [0.29, 0.717) is 11.3 Å². The molecule has 0 aliphatic heterocycles. The molecule has 0 amide bonds. The highest BCUT2D eigenvalue weighted by Gasteiger charge is 2.12. The molecule has 14 heavy (non-hydrogen) atoms. The van der Waals surface area contributed by atoms with E-state index >= 15 is 0 Å². The van der Waals surface area contributed by atoms with Gasteiger partial charge in [-0.2, -0.15) is 0 Å². The van der Waals surface area contributed by atoms with Crippen molar-refractivity contribution in [2.24, 2.45) is 5.41 Å². The minimum Gasteiger partial charge on any atom is -0.261 e. The van der Waals surface area contributed by atoms with E-state index in [1.165, 1.54) is 11.3 Å². The Morgan fingerprint density at radius 3 is 2.43 bits per heavy atom. The Bertz CT molecular complexity index is 294. The predicted octanol–water partition coefficient (Wildman–Crippen LogP) is 3.79. The smallest absolute Gasteiger partial charge is 0.0431 e. The van der Waals surface area contributed by atoms with E-state index in [-0.39, 0.29) is 0 Å². The van der Waals surface area contributed by atoms with Gasteiger partial charge >= 0.3 is 0 Å². The molecule has 1 heterocycles. The van der Waals surface area contributed by atoms with E-state index in [1.807, 2.05) is 6.20 Å². The molecule has 0 aliphatic rings. The summed E-state index contributed by atoms with van der Waals surface area (Å²) in [5.74, 6) is 0.523. The Morgan fingerprint density at radius 2 is 1.93 bits per heavy atom. The van der Waals surface area contributed by atoms with E-state index in [2.05, 4.69) is 51.7 Å². The van der Waals surface area contributed by atoms with Gasteiger partial charge in [0.2, 0.25) is 0 Å². The summed E-state index contributed by atoms with van der Waals surface area (Å²) in [6, 6.07) is 4.35. The van der Waals surface area contributed by atoms with E-state index in [9.17, 15) is 0 Å². The van der Waals surface area contributed by atoms with Crippen molar-refractivity contribution < 1.29 is 0 Å². The molecule has 0 unspecified atom stereocenters. The average Bonchev–Trinajstić information content (AvgIpc) is 2.01. The molecule has 78 valence electrons. The van der Waals surface area contributed by atoms with Crippen molar-refractivity contribution in [3.05, 3.63) is 29.6 Å². The third-order valence-electron chi connectivity index (χ3n) is 2.17. The van der Waals surface area contributed by atoms with Crippen molar-refractivity contribution in [3.8, 4) is 0 Å². The SMILES string of the molecule is CC(C)c1cc(CC(C)(C)C)ccn1. The minimum atomic E-state index is 0.357. The number of rotatable bonds is 2. The van der Waals surface area contributed by atoms with Gasteiger partial charge in [-0.1, -0.05) is 34.6 Å². The summed E-state index contributed by atoms with van der Waals surface area (Å²) >= 11 is 0. The van der Waals surface area contributed by atoms with E-state index < -0.39 is 0 Å². The van der Waals surface area contributed by atoms with Gasteiger partial charge < -0.3 is 0 Å². The van der Waals surface area contributed by atoms with Crippen LogP contribution < -0.4 is 0 Å². The van der Waals surface area contributed by atoms with Crippen LogP contribution in [0.4, 0.5) is 0 Å². The summed E-state index contributed by atoms with van der Waals surface area (Å²) in [6.45, 7) is 11.2. The monoisotopic (exact) mass is 191 g/mol. The molecule has 1 nitrogen and oxygen atoms in total. The minimum absolute atomic E-state index is 0.357. The molecule has 1 heteroatoms. The van der Waals surface area contributed by atoms with Crippen LogP contribution in [0, 0.1) is 5.41 Å². The Balaban J connectivity index is 2.84. The van der Waals surface area contributed by atoms with Gasteiger partial charge in [-0.15, -0.1) is 0 Å². The predicted molar refractivity (Wildman–Crippen MR) is 61.5 cm³/mol. The van der Waals surface area contributed by atoms with Crippen molar-refractivity contribution in [1.29, 1.82) is 0 Å². The lowest BCUT2D eigenvalue weighted by molar-refractivity contribution is 0.411. The molecular weight excluding hydrogens is 170 g/mol. The zero-order valence-corrected chi connectivity index (χ0v) is 9.96. The first kappa shape index (κ1) is 11.2. The Labute approximate surface area is 87.6 Å². The summed E-state index contributed by atoms with van der Waals surface area (Å²) in [4.78, 5) is 4.37. The third-order valence-corrected chi connectivity index (χ3v) is 2.17. The fourth-order valence-corrected chi connectivity index (χ4v) is 1.53. The number of aromatic nitrogens is 1. The summed E-state index contributed by atoms with van der Waals surface area (Å²) in [5, 5.41) is 0. The molecule has 0 saturated heterocycles. The summed E-state index contributed by atoms with van der Waals surface area (Å²) < 4.78 is 0. The van der Waals surface area contributed by atoms with E-state index in [0.717, 1.165) is 6.42 Å². The number of hydrogen-bond donors (Lipinski definition) is 0. The highest BCUT2D eigenvalue weighted by molar-refractivity contribution is 5.19. The molecule has 0 fully saturated rings. The molecule has 1 aromatic rings. The van der Waals surface area contributed by atoms with Gasteiger partial charge in [-0.3, -0.25) is 4.98 Å². The Kier molecular flexibility index (Phi) is 3.30. The summed E-state index contributed by atoms with van der Waals surface area (Å²) in [6.07, 6.45) is 3.05. The lowest BCUT2D eigenvalue weighted by Crippen LogP contribution is -2.09. The fourth-order valence-electron chi connectivity index (χ4n) is 1.53. The Hall–Kier alpha value is -0.850. The number of hydrogen-bond acceptors (Lipinski definition) is 1. The normalized spacial score (nSPS) is 12.1. The quantitative estimate of drug-likeness (QED) is 0.693. The van der Waals surface area contributed by atoms with Crippen LogP contribution in [0.5, 0.6) is 0 Å². The zero-order valence-electron chi connectivity index (χ0n) is 9.96. The summed E-state index contributed by atoms with van der Waals surface area (Å²) in [7, 11) is 0. The van der Waals surface area contributed by atoms with Crippen LogP contribution in [0.1, 0.15) is 51.8 Å². The molecule has 0 aliphatic carbocycles. The van der Waals surface area contributed by atoms with Crippen molar-refractivity contribution in [1.82, 2.24) is 4.98 Å². The van der Waals surface area contributed by atoms with E-state index in [1.54, 1.807) is 0 Å². The lowest BCUT2D eigenvalue weighted by atomic mass is 9.88. The first-order valence-corrected chi connectivity index (χ1v) is 5.33. The van der Waals surface area contributed by atoms with Gasteiger partial charge in [0, 0.05) is 11.9 Å². The maximum Gasteiger partial charge on any atom is 0.0431 e. The average molecular weight is 191 g/mol. The molecule has 0 saturated carbocycles. The molecule has 0 atom stereocenters. The molecule has 0 N–H and O–H groups in total. The molecule has 1 rings (SSSR count). The van der Waals surface area contributed by atoms with Crippen LogP contribution >= 0.6 is 0 Å². The second kappa shape index (κ2) is 4.12. The van der Waals surface area contributed by atoms with Crippen molar-refractivity contribution in [3.63, 3.8) is 0 Å². The standard InChI is InChI=1S/C13H21N/c1-10(2)12-8-11(6-7-14-12)9-13(3,4)5/h6-8,10H,9H2,1-5H3. The zero-order chi connectivity index (χ0) is 10.8. The molecule has 0 radical (unpaired) electrons. The van der Waals surface area contributed by atoms with Crippen molar-refractivity contribution in [2.75, 3.05) is 0 Å². The maximum atomic E-state index is 4.37. The fraction of sp³-hybridized carbons (Fsp3) is 0.615. The van der Waals surface area contributed by atoms with Crippen LogP contribution in [0.2, 0.25) is 0 Å². The van der Waals surface area contributed by atoms with Crippen LogP contribution in [-0.2, 0) is 6.42 Å². The van der Waals surface area contributed by atoms with Gasteiger partial charge in [0.15, 0.2) is 0 Å². The lowest BCUT2D eigenvalue weighted by Gasteiger charge is -2.18. The molecule has 0 aromatic carbocycles. The van der Waals surface area contributed by atoms with Gasteiger partial charge in [-0.25, -0.2) is 0 Å². The van der Waals surface area contributed by atoms with Crippen LogP contribution in [0.25, 0.3) is 0 Å². The van der Waals surface area contributed by atoms with Gasteiger partial charge in [0.05, 0.1) is 0 Å². The molecule has 0 spiro atoms. The van der Waals surface area contributed by atoms with Crippen molar-refractivity contribution >= 4 is 0 Å². The highest BCUT2D eigenvalue weighted by atomic mass is 14.7. The number of pyridine rings is 1.